The van der Waals surface area contributed by atoms with E-state index in [1.165, 1.54) is 37.8 Å². The number of hydrogen-bond acceptors (Lipinski definition) is 2. The number of rotatable bonds is 8. The fourth-order valence-electron chi connectivity index (χ4n) is 4.38. The van der Waals surface area contributed by atoms with Crippen LogP contribution >= 0.6 is 0 Å². The normalized spacial score (nSPS) is 25.2. The molecule has 0 bridgehead atoms. The zero-order valence-electron chi connectivity index (χ0n) is 15.3. The summed E-state index contributed by atoms with van der Waals surface area (Å²) < 4.78 is 0. The Morgan fingerprint density at radius 1 is 1.17 bits per heavy atom. The Balaban J connectivity index is 2.06. The number of nitrogens with zero attached hydrogens (tertiary/aromatic N) is 1. The quantitative estimate of drug-likeness (QED) is 0.728. The van der Waals surface area contributed by atoms with E-state index >= 15 is 0 Å². The van der Waals surface area contributed by atoms with Crippen molar-refractivity contribution in [1.29, 1.82) is 0 Å². The van der Waals surface area contributed by atoms with Gasteiger partial charge < -0.3 is 5.11 Å². The van der Waals surface area contributed by atoms with Crippen LogP contribution in [0.3, 0.4) is 0 Å². The maximum Gasteiger partial charge on any atom is 0.0622 e. The van der Waals surface area contributed by atoms with Crippen molar-refractivity contribution in [3.63, 3.8) is 0 Å². The minimum Gasteiger partial charge on any atom is -0.390 e. The van der Waals surface area contributed by atoms with Crippen molar-refractivity contribution < 1.29 is 5.11 Å². The van der Waals surface area contributed by atoms with Gasteiger partial charge in [-0.3, -0.25) is 4.90 Å². The molecule has 1 aliphatic heterocycles. The van der Waals surface area contributed by atoms with Crippen LogP contribution in [-0.4, -0.2) is 28.2 Å². The molecule has 0 saturated carbocycles. The molecule has 2 rings (SSSR count). The second kappa shape index (κ2) is 8.84. The molecule has 0 spiro atoms. The Hall–Kier alpha value is -0.860. The molecular formula is C21H35NO. The summed E-state index contributed by atoms with van der Waals surface area (Å²) in [7, 11) is 0. The van der Waals surface area contributed by atoms with Gasteiger partial charge in [0.2, 0.25) is 0 Å². The summed E-state index contributed by atoms with van der Waals surface area (Å²) in [4.78, 5) is 2.68. The summed E-state index contributed by atoms with van der Waals surface area (Å²) in [6, 6.07) is 11.5. The Kier molecular flexibility index (Phi) is 7.10. The Bertz CT molecular complexity index is 442. The van der Waals surface area contributed by atoms with Crippen molar-refractivity contribution in [2.75, 3.05) is 6.54 Å². The highest BCUT2D eigenvalue weighted by Gasteiger charge is 2.35. The lowest BCUT2D eigenvalue weighted by atomic mass is 9.78. The average Bonchev–Trinajstić information content (AvgIpc) is 2.51. The zero-order valence-corrected chi connectivity index (χ0v) is 15.3. The van der Waals surface area contributed by atoms with Gasteiger partial charge in [-0.2, -0.15) is 0 Å². The van der Waals surface area contributed by atoms with Crippen LogP contribution in [0.5, 0.6) is 0 Å². The van der Waals surface area contributed by atoms with Gasteiger partial charge in [-0.1, -0.05) is 57.0 Å². The number of benzene rings is 1. The second-order valence-electron chi connectivity index (χ2n) is 7.67. The van der Waals surface area contributed by atoms with Crippen LogP contribution in [0.15, 0.2) is 30.3 Å². The third kappa shape index (κ3) is 5.61. The van der Waals surface area contributed by atoms with E-state index in [0.717, 1.165) is 25.8 Å². The molecule has 1 saturated heterocycles. The number of piperidine rings is 1. The van der Waals surface area contributed by atoms with Gasteiger partial charge >= 0.3 is 0 Å². The van der Waals surface area contributed by atoms with E-state index in [-0.39, 0.29) is 0 Å². The first-order valence-electron chi connectivity index (χ1n) is 9.56. The smallest absolute Gasteiger partial charge is 0.0622 e. The molecule has 1 aliphatic rings. The summed E-state index contributed by atoms with van der Waals surface area (Å²) in [5.74, 6) is 0.633. The van der Waals surface area contributed by atoms with Crippen LogP contribution in [0.1, 0.15) is 71.3 Å². The van der Waals surface area contributed by atoms with Gasteiger partial charge in [-0.25, -0.2) is 0 Å². The molecule has 1 aromatic carbocycles. The summed E-state index contributed by atoms with van der Waals surface area (Å²) in [6.07, 6.45) is 7.95. The molecule has 0 radical (unpaired) electrons. The van der Waals surface area contributed by atoms with E-state index in [2.05, 4.69) is 49.1 Å². The van der Waals surface area contributed by atoms with Gasteiger partial charge in [0.25, 0.3) is 0 Å². The van der Waals surface area contributed by atoms with Crippen molar-refractivity contribution in [1.82, 2.24) is 4.90 Å². The van der Waals surface area contributed by atoms with Gasteiger partial charge in [0.1, 0.15) is 0 Å². The molecule has 1 unspecified atom stereocenters. The Labute approximate surface area is 142 Å². The van der Waals surface area contributed by atoms with Crippen LogP contribution in [0.4, 0.5) is 0 Å². The molecule has 3 atom stereocenters. The third-order valence-electron chi connectivity index (χ3n) is 5.34. The van der Waals surface area contributed by atoms with Crippen molar-refractivity contribution in [3.05, 3.63) is 35.9 Å². The molecule has 130 valence electrons. The molecule has 2 nitrogen and oxygen atoms in total. The van der Waals surface area contributed by atoms with Gasteiger partial charge in [0.15, 0.2) is 0 Å². The van der Waals surface area contributed by atoms with E-state index in [4.69, 9.17) is 0 Å². The average molecular weight is 318 g/mol. The standard InChI is InChI=1S/C21H35NO/c1-4-10-20-19(16-21(3,23)14-5-2)13-9-15-22(20)17-18-11-7-6-8-12-18/h6-8,11-12,19-20,23H,4-5,9-10,13-17H2,1-3H3/t19-,20-,21?/m1/s1. The third-order valence-corrected chi connectivity index (χ3v) is 5.34. The van der Waals surface area contributed by atoms with Crippen molar-refractivity contribution in [3.8, 4) is 0 Å². The number of likely N-dealkylation sites (tertiary alicyclic amines) is 1. The molecular weight excluding hydrogens is 282 g/mol. The molecule has 0 amide bonds. The Morgan fingerprint density at radius 2 is 1.91 bits per heavy atom. The van der Waals surface area contributed by atoms with Crippen molar-refractivity contribution >= 4 is 0 Å². The monoisotopic (exact) mass is 317 g/mol. The van der Waals surface area contributed by atoms with Gasteiger partial charge in [0.05, 0.1) is 5.60 Å². The summed E-state index contributed by atoms with van der Waals surface area (Å²) in [6.45, 7) is 8.75. The maximum absolute atomic E-state index is 10.7. The van der Waals surface area contributed by atoms with Gasteiger partial charge in [0, 0.05) is 12.6 Å². The fraction of sp³-hybridized carbons (Fsp3) is 0.714. The van der Waals surface area contributed by atoms with Gasteiger partial charge in [-0.15, -0.1) is 0 Å². The molecule has 2 heteroatoms. The van der Waals surface area contributed by atoms with E-state index in [1.54, 1.807) is 0 Å². The lowest BCUT2D eigenvalue weighted by molar-refractivity contribution is -0.0130. The van der Waals surface area contributed by atoms with Crippen LogP contribution < -0.4 is 0 Å². The maximum atomic E-state index is 10.7. The van der Waals surface area contributed by atoms with E-state index < -0.39 is 5.60 Å². The van der Waals surface area contributed by atoms with Gasteiger partial charge in [-0.05, 0) is 57.1 Å². The lowest BCUT2D eigenvalue weighted by Gasteiger charge is -2.44. The predicted molar refractivity (Wildman–Crippen MR) is 98.4 cm³/mol. The molecule has 1 aromatic rings. The van der Waals surface area contributed by atoms with Crippen LogP contribution in [-0.2, 0) is 6.54 Å². The van der Waals surface area contributed by atoms with E-state index in [9.17, 15) is 5.11 Å². The van der Waals surface area contributed by atoms with Crippen molar-refractivity contribution in [2.24, 2.45) is 5.92 Å². The molecule has 0 aliphatic carbocycles. The van der Waals surface area contributed by atoms with Crippen molar-refractivity contribution in [2.45, 2.75) is 83.9 Å². The minimum absolute atomic E-state index is 0.499. The highest BCUT2D eigenvalue weighted by molar-refractivity contribution is 5.14. The summed E-state index contributed by atoms with van der Waals surface area (Å²) in [5, 5.41) is 10.7. The Morgan fingerprint density at radius 3 is 2.57 bits per heavy atom. The zero-order chi connectivity index (χ0) is 16.7. The fourth-order valence-corrected chi connectivity index (χ4v) is 4.38. The first kappa shape index (κ1) is 18.5. The highest BCUT2D eigenvalue weighted by Crippen LogP contribution is 2.35. The lowest BCUT2D eigenvalue weighted by Crippen LogP contribution is -2.47. The predicted octanol–water partition coefficient (Wildman–Crippen LogP) is 5.01. The SMILES string of the molecule is CCC[C@@H]1[C@@H](CC(C)(O)CCC)CCCN1Cc1ccccc1. The minimum atomic E-state index is -0.499. The largest absolute Gasteiger partial charge is 0.390 e. The summed E-state index contributed by atoms with van der Waals surface area (Å²) in [5.41, 5.74) is 0.913. The van der Waals surface area contributed by atoms with Crippen LogP contribution in [0, 0.1) is 5.92 Å². The first-order valence-corrected chi connectivity index (χ1v) is 9.56. The summed E-state index contributed by atoms with van der Waals surface area (Å²) >= 11 is 0. The highest BCUT2D eigenvalue weighted by atomic mass is 16.3. The van der Waals surface area contributed by atoms with E-state index in [1.807, 2.05) is 6.92 Å². The molecule has 1 heterocycles. The van der Waals surface area contributed by atoms with E-state index in [0.29, 0.717) is 12.0 Å². The topological polar surface area (TPSA) is 23.5 Å². The molecule has 1 N–H and O–H groups in total. The molecule has 0 aromatic heterocycles. The molecule has 1 fully saturated rings. The number of aliphatic hydroxyl groups is 1. The van der Waals surface area contributed by atoms with Crippen LogP contribution in [0.2, 0.25) is 0 Å². The first-order chi connectivity index (χ1) is 11.1. The number of hydrogen-bond donors (Lipinski definition) is 1. The second-order valence-corrected chi connectivity index (χ2v) is 7.67. The molecule has 23 heavy (non-hydrogen) atoms. The van der Waals surface area contributed by atoms with Crippen LogP contribution in [0.25, 0.3) is 0 Å².